The molecule has 0 unspecified atom stereocenters. The van der Waals surface area contributed by atoms with Crippen LogP contribution in [-0.2, 0) is 10.8 Å². The monoisotopic (exact) mass is 1130 g/mol. The fourth-order valence-electron chi connectivity index (χ4n) is 19.6. The first kappa shape index (κ1) is 51.6. The molecule has 4 aliphatic carbocycles. The highest BCUT2D eigenvalue weighted by molar-refractivity contribution is 6.92. The van der Waals surface area contributed by atoms with Gasteiger partial charge >= 0.3 is 0 Å². The fraction of sp³-hybridized carbons (Fsp3) is 0.300. The van der Waals surface area contributed by atoms with Crippen molar-refractivity contribution in [3.8, 4) is 78.9 Å². The van der Waals surface area contributed by atoms with Gasteiger partial charge in [-0.1, -0.05) is 220 Å². The number of nitrogens with zero attached hydrogens (tertiary/aromatic N) is 3. The van der Waals surface area contributed by atoms with Crippen molar-refractivity contribution in [1.82, 2.24) is 4.40 Å². The van der Waals surface area contributed by atoms with E-state index in [0.717, 1.165) is 73.5 Å². The van der Waals surface area contributed by atoms with Gasteiger partial charge in [-0.3, -0.25) is 0 Å². The molecule has 0 bridgehead atoms. The maximum atomic E-state index is 12.1. The second kappa shape index (κ2) is 18.4. The van der Waals surface area contributed by atoms with Gasteiger partial charge in [0.2, 0.25) is 0 Å². The molecule has 2 saturated heterocycles. The van der Waals surface area contributed by atoms with Gasteiger partial charge in [-0.05, 0) is 183 Å². The summed E-state index contributed by atoms with van der Waals surface area (Å²) < 4.78 is 2.62. The van der Waals surface area contributed by atoms with Gasteiger partial charge in [0.05, 0.1) is 56.0 Å². The van der Waals surface area contributed by atoms with Crippen molar-refractivity contribution in [3.05, 3.63) is 195 Å². The third-order valence-corrected chi connectivity index (χ3v) is 32.7. The molecule has 2 saturated carbocycles. The Labute approximate surface area is 503 Å². The van der Waals surface area contributed by atoms with E-state index in [1.54, 1.807) is 10.4 Å². The third kappa shape index (κ3) is 6.81. The predicted molar refractivity (Wildman–Crippen MR) is 361 cm³/mol. The summed E-state index contributed by atoms with van der Waals surface area (Å²) >= 11 is 0. The summed E-state index contributed by atoms with van der Waals surface area (Å²) in [6.07, 6.45) is 14.0. The molecule has 2 spiro atoms. The van der Waals surface area contributed by atoms with Gasteiger partial charge in [-0.2, -0.15) is 10.5 Å². The van der Waals surface area contributed by atoms with Gasteiger partial charge in [0, 0.05) is 32.4 Å². The van der Waals surface area contributed by atoms with Crippen LogP contribution in [0.3, 0.4) is 0 Å². The van der Waals surface area contributed by atoms with Crippen LogP contribution in [0.1, 0.15) is 133 Å². The Morgan fingerprint density at radius 3 is 1.13 bits per heavy atom. The Morgan fingerprint density at radius 2 is 0.765 bits per heavy atom. The molecule has 11 aromatic rings. The summed E-state index contributed by atoms with van der Waals surface area (Å²) in [6.45, 7) is 14.6. The minimum absolute atomic E-state index is 0.276. The number of aryl methyl sites for hydroxylation is 4. The van der Waals surface area contributed by atoms with Crippen LogP contribution in [0.25, 0.3) is 105 Å². The zero-order valence-corrected chi connectivity index (χ0v) is 52.4. The van der Waals surface area contributed by atoms with Crippen LogP contribution >= 0.6 is 0 Å². The second-order valence-corrected chi connectivity index (χ2v) is 37.4. The summed E-state index contributed by atoms with van der Waals surface area (Å²) in [4.78, 5) is 0. The largest absolute Gasteiger partial charge is 0.308 e. The number of hydrogen-bond donors (Lipinski definition) is 0. The van der Waals surface area contributed by atoms with Crippen molar-refractivity contribution in [2.75, 3.05) is 0 Å². The number of fused-ring (bicyclic) bond motifs is 18. The van der Waals surface area contributed by atoms with Crippen molar-refractivity contribution >= 4 is 64.6 Å². The molecule has 4 heterocycles. The lowest BCUT2D eigenvalue weighted by Gasteiger charge is -2.30. The van der Waals surface area contributed by atoms with Crippen molar-refractivity contribution < 1.29 is 0 Å². The van der Waals surface area contributed by atoms with Crippen molar-refractivity contribution in [2.45, 2.75) is 153 Å². The summed E-state index contributed by atoms with van der Waals surface area (Å²) in [6, 6.07) is 65.9. The predicted octanol–water partition coefficient (Wildman–Crippen LogP) is 20.3. The fourth-order valence-corrected chi connectivity index (χ4v) is 27.4. The SMILES string of the molecule is Cc1cccc(C)c1-c1cc(-c2c(C)cccc2C)c2c3c4c(c(C#N)cc3n3c5cc(C#N)c6c(c5c1c23)-c1c(-c2ccccc2)cc([Si]2(C)CCCC2)cc1C61CCCC1)C1(CCCC1)c1cc([Si]2(C)CCCC2)cc(-c2ccccc2)c1-4. The van der Waals surface area contributed by atoms with E-state index in [0.29, 0.717) is 0 Å². The van der Waals surface area contributed by atoms with Gasteiger partial charge in [0.15, 0.2) is 0 Å². The molecule has 416 valence electrons. The van der Waals surface area contributed by atoms with Crippen molar-refractivity contribution in [3.63, 3.8) is 0 Å². The molecule has 0 atom stereocenters. The summed E-state index contributed by atoms with van der Waals surface area (Å²) in [5.74, 6) is 0. The minimum Gasteiger partial charge on any atom is -0.308 e. The Morgan fingerprint density at radius 1 is 0.388 bits per heavy atom. The average Bonchev–Trinajstić information content (AvgIpc) is 1.55. The Balaban J connectivity index is 1.14. The van der Waals surface area contributed by atoms with E-state index < -0.39 is 16.1 Å². The van der Waals surface area contributed by atoms with Gasteiger partial charge in [0.25, 0.3) is 0 Å². The van der Waals surface area contributed by atoms with E-state index in [1.807, 2.05) is 0 Å². The quantitative estimate of drug-likeness (QED) is 0.156. The number of nitriles is 2. The molecule has 85 heavy (non-hydrogen) atoms. The molecule has 0 amide bonds. The Bertz CT molecular complexity index is 4470. The van der Waals surface area contributed by atoms with E-state index in [-0.39, 0.29) is 10.8 Å². The molecule has 4 fully saturated rings. The number of rotatable bonds is 6. The highest BCUT2D eigenvalue weighted by Gasteiger charge is 2.53. The molecule has 2 aromatic heterocycles. The first-order valence-electron chi connectivity index (χ1n) is 32.3. The maximum absolute atomic E-state index is 12.1. The van der Waals surface area contributed by atoms with Gasteiger partial charge in [-0.15, -0.1) is 0 Å². The summed E-state index contributed by atoms with van der Waals surface area (Å²) in [5.41, 5.74) is 30.5. The number of benzene rings is 9. The topological polar surface area (TPSA) is 52.0 Å². The molecule has 0 radical (unpaired) electrons. The standard InChI is InChI=1S/C80H73N3Si2/c1-48-23-21-24-49(2)66(48)60-45-61(67-50(3)25-22-26-51(67)4)71-73-65(40-55(47-82)77-75(73)69-59(53-29-11-8-12-30-53)42-57(85(6)37-19-20-38-85)44-63(69)80(77)33-15-16-34-80)83-64-39-54(46-81)76-74(72(64)70(60)78(71)83)68-58(52-27-9-7-10-28-52)41-56(84(5)35-17-18-36-84)43-62(68)79(76)31-13-14-32-79/h7-12,21-30,39-45H,13-20,31-38H2,1-6H3. The first-order valence-corrected chi connectivity index (χ1v) is 38.1. The average molecular weight is 1130 g/mol. The van der Waals surface area contributed by atoms with Gasteiger partial charge in [0.1, 0.15) is 0 Å². The van der Waals surface area contributed by atoms with Crippen LogP contribution < -0.4 is 10.4 Å². The molecule has 0 N–H and O–H groups in total. The van der Waals surface area contributed by atoms with Crippen molar-refractivity contribution in [2.24, 2.45) is 0 Å². The molecule has 2 aliphatic heterocycles. The van der Waals surface area contributed by atoms with Crippen LogP contribution in [0.4, 0.5) is 0 Å². The van der Waals surface area contributed by atoms with E-state index in [2.05, 4.69) is 197 Å². The van der Waals surface area contributed by atoms with E-state index in [4.69, 9.17) is 0 Å². The lowest BCUT2D eigenvalue weighted by atomic mass is 9.74. The molecule has 17 rings (SSSR count). The zero-order valence-electron chi connectivity index (χ0n) is 50.4. The van der Waals surface area contributed by atoms with Crippen LogP contribution in [0.15, 0.2) is 140 Å². The van der Waals surface area contributed by atoms with Crippen molar-refractivity contribution in [1.29, 1.82) is 10.5 Å². The Kier molecular flexibility index (Phi) is 11.1. The van der Waals surface area contributed by atoms with E-state index in [1.165, 1.54) is 188 Å². The Hall–Kier alpha value is -7.81. The first-order chi connectivity index (χ1) is 41.4. The third-order valence-electron chi connectivity index (χ3n) is 23.5. The minimum atomic E-state index is -1.80. The van der Waals surface area contributed by atoms with Crippen LogP contribution in [0.2, 0.25) is 37.3 Å². The highest BCUT2D eigenvalue weighted by Crippen LogP contribution is 2.67. The number of hydrogen-bond acceptors (Lipinski definition) is 2. The number of aromatic nitrogens is 1. The summed E-state index contributed by atoms with van der Waals surface area (Å²) in [5, 5.41) is 32.6. The lowest BCUT2D eigenvalue weighted by molar-refractivity contribution is 0.549. The van der Waals surface area contributed by atoms with E-state index >= 15 is 0 Å². The molecular formula is C80H73N3Si2. The second-order valence-electron chi connectivity index (χ2n) is 28.0. The van der Waals surface area contributed by atoms with E-state index in [9.17, 15) is 10.5 Å². The zero-order chi connectivity index (χ0) is 57.5. The smallest absolute Gasteiger partial charge is 0.0995 e. The molecule has 9 aromatic carbocycles. The van der Waals surface area contributed by atoms with Crippen LogP contribution in [-0.4, -0.2) is 20.5 Å². The van der Waals surface area contributed by atoms with Crippen LogP contribution in [0.5, 0.6) is 0 Å². The molecule has 6 aliphatic rings. The van der Waals surface area contributed by atoms with Gasteiger partial charge in [-0.25, -0.2) is 0 Å². The highest BCUT2D eigenvalue weighted by atomic mass is 28.3. The summed E-state index contributed by atoms with van der Waals surface area (Å²) in [7, 11) is -3.59. The normalized spacial score (nSPS) is 18.3. The lowest BCUT2D eigenvalue weighted by Crippen LogP contribution is -2.42. The molecule has 5 heteroatoms. The molecule has 3 nitrogen and oxygen atoms in total. The van der Waals surface area contributed by atoms with Crippen LogP contribution in [0, 0.1) is 50.4 Å². The maximum Gasteiger partial charge on any atom is 0.0995 e. The molecular weight excluding hydrogens is 1060 g/mol. The van der Waals surface area contributed by atoms with Gasteiger partial charge < -0.3 is 4.40 Å².